The minimum absolute atomic E-state index is 0.0238. The average Bonchev–Trinajstić information content (AvgIpc) is 3.28. The highest BCUT2D eigenvalue weighted by atomic mass is 16.1. The number of carbonyl (C=O) groups is 1. The maximum absolute atomic E-state index is 12.6. The maximum atomic E-state index is 12.6. The predicted octanol–water partition coefficient (Wildman–Crippen LogP) is 5.23. The number of amides is 1. The highest BCUT2D eigenvalue weighted by molar-refractivity contribution is 5.78. The number of carbonyl (C=O) groups excluding carboxylic acids is 1. The van der Waals surface area contributed by atoms with Gasteiger partial charge in [0.05, 0.1) is 6.54 Å². The monoisotopic (exact) mass is 522 g/mol. The first-order valence-electron chi connectivity index (χ1n) is 15.8. The second-order valence-corrected chi connectivity index (χ2v) is 14.0. The molecule has 1 aromatic carbocycles. The molecule has 1 aromatic rings. The first kappa shape index (κ1) is 28.1. The molecule has 5 rings (SSSR count). The van der Waals surface area contributed by atoms with Crippen molar-refractivity contribution in [3.63, 3.8) is 0 Å². The molecule has 0 radical (unpaired) electrons. The Labute approximate surface area is 231 Å². The minimum Gasteiger partial charge on any atom is -0.352 e. The van der Waals surface area contributed by atoms with E-state index in [1.165, 1.54) is 56.9 Å². The van der Waals surface area contributed by atoms with Crippen LogP contribution in [0, 0.1) is 46.3 Å². The van der Waals surface area contributed by atoms with Gasteiger partial charge in [-0.2, -0.15) is 0 Å². The van der Waals surface area contributed by atoms with Gasteiger partial charge in [-0.25, -0.2) is 0 Å². The lowest BCUT2D eigenvalue weighted by Gasteiger charge is -2.64. The van der Waals surface area contributed by atoms with Crippen LogP contribution < -0.4 is 22.1 Å². The molecule has 0 aromatic heterocycles. The third-order valence-corrected chi connectivity index (χ3v) is 12.3. The van der Waals surface area contributed by atoms with Crippen molar-refractivity contribution in [2.45, 2.75) is 104 Å². The largest absolute Gasteiger partial charge is 0.352 e. The van der Waals surface area contributed by atoms with Gasteiger partial charge in [-0.15, -0.1) is 0 Å². The van der Waals surface area contributed by atoms with E-state index < -0.39 is 0 Å². The molecule has 0 spiro atoms. The van der Waals surface area contributed by atoms with Gasteiger partial charge in [0.1, 0.15) is 0 Å². The fourth-order valence-corrected chi connectivity index (χ4v) is 10.3. The molecule has 4 saturated carbocycles. The normalized spacial score (nSPS) is 41.0. The lowest BCUT2D eigenvalue weighted by atomic mass is 9.42. The van der Waals surface area contributed by atoms with Crippen molar-refractivity contribution in [1.82, 2.24) is 10.6 Å². The van der Waals surface area contributed by atoms with Crippen LogP contribution in [-0.2, 0) is 11.3 Å². The summed E-state index contributed by atoms with van der Waals surface area (Å²) in [6.45, 7) is 9.72. The molecule has 10 atom stereocenters. The highest BCUT2D eigenvalue weighted by Crippen LogP contribution is 2.68. The number of hydrogen-bond donors (Lipinski definition) is 4. The van der Waals surface area contributed by atoms with E-state index in [9.17, 15) is 4.79 Å². The van der Waals surface area contributed by atoms with E-state index in [0.29, 0.717) is 40.9 Å². The molecule has 0 aliphatic heterocycles. The van der Waals surface area contributed by atoms with Crippen LogP contribution >= 0.6 is 0 Å². The topological polar surface area (TPSA) is 93.2 Å². The molecular formula is C33H54N4O. The van der Waals surface area contributed by atoms with E-state index in [-0.39, 0.29) is 30.0 Å². The Morgan fingerprint density at radius 1 is 1.08 bits per heavy atom. The van der Waals surface area contributed by atoms with E-state index >= 15 is 0 Å². The summed E-state index contributed by atoms with van der Waals surface area (Å²) in [7, 11) is 0. The van der Waals surface area contributed by atoms with Gasteiger partial charge in [-0.3, -0.25) is 4.79 Å². The number of nitrogens with two attached hydrogens (primary N) is 2. The minimum atomic E-state index is 0.0238. The molecule has 212 valence electrons. The molecule has 4 fully saturated rings. The second kappa shape index (κ2) is 11.6. The van der Waals surface area contributed by atoms with Crippen LogP contribution in [0.1, 0.15) is 90.5 Å². The fourth-order valence-electron chi connectivity index (χ4n) is 10.3. The van der Waals surface area contributed by atoms with Crippen molar-refractivity contribution in [1.29, 1.82) is 0 Å². The molecule has 5 unspecified atom stereocenters. The predicted molar refractivity (Wildman–Crippen MR) is 156 cm³/mol. The van der Waals surface area contributed by atoms with Gasteiger partial charge in [-0.05, 0) is 110 Å². The van der Waals surface area contributed by atoms with Crippen LogP contribution in [-0.4, -0.2) is 31.1 Å². The van der Waals surface area contributed by atoms with E-state index in [0.717, 1.165) is 25.9 Å². The Hall–Kier alpha value is -1.43. The Morgan fingerprint density at radius 3 is 2.63 bits per heavy atom. The summed E-state index contributed by atoms with van der Waals surface area (Å²) in [6, 6.07) is 11.2. The van der Waals surface area contributed by atoms with Crippen molar-refractivity contribution in [3.05, 3.63) is 35.9 Å². The van der Waals surface area contributed by atoms with Crippen LogP contribution in [0.25, 0.3) is 0 Å². The van der Waals surface area contributed by atoms with Crippen LogP contribution in [0.15, 0.2) is 30.3 Å². The summed E-state index contributed by atoms with van der Waals surface area (Å²) in [5.41, 5.74) is 14.9. The lowest BCUT2D eigenvalue weighted by Crippen LogP contribution is -2.66. The Balaban J connectivity index is 1.28. The van der Waals surface area contributed by atoms with E-state index in [2.05, 4.69) is 61.7 Å². The molecule has 5 nitrogen and oxygen atoms in total. The summed E-state index contributed by atoms with van der Waals surface area (Å²) in [5, 5.41) is 7.10. The quantitative estimate of drug-likeness (QED) is 0.334. The number of fused-ring (bicyclic) bond motifs is 5. The molecule has 0 bridgehead atoms. The van der Waals surface area contributed by atoms with Gasteiger partial charge in [0.2, 0.25) is 5.91 Å². The third-order valence-electron chi connectivity index (χ3n) is 12.3. The summed E-state index contributed by atoms with van der Waals surface area (Å²) >= 11 is 0. The molecule has 4 aliphatic rings. The van der Waals surface area contributed by atoms with Crippen LogP contribution in [0.5, 0.6) is 0 Å². The third kappa shape index (κ3) is 5.08. The van der Waals surface area contributed by atoms with Gasteiger partial charge in [0.25, 0.3) is 0 Å². The number of rotatable bonds is 9. The summed E-state index contributed by atoms with van der Waals surface area (Å²) in [6.07, 6.45) is 12.6. The van der Waals surface area contributed by atoms with E-state index in [4.69, 9.17) is 11.5 Å². The molecule has 0 heterocycles. The molecule has 5 heteroatoms. The number of hydrogen-bond acceptors (Lipinski definition) is 4. The Morgan fingerprint density at radius 2 is 1.87 bits per heavy atom. The molecule has 0 saturated heterocycles. The number of benzene rings is 1. The Bertz CT molecular complexity index is 938. The standard InChI is InChI=1S/C33H54N4O/c1-22(10-9-17-36-21-23-11-5-4-6-12-23)25-14-15-26-31-27(19-29(35)33(25,26)3)32(2)16-8-7-13-24(32)18-28(31)37-30(38)20-34/h4-6,11-12,22,24-29,31,36H,7-10,13-21,34-35H2,1-3H3,(H,37,38)/t22?,24?,25?,26?,27-,28+,29-,31?,32-,33+/m0/s1. The van der Waals surface area contributed by atoms with Gasteiger partial charge < -0.3 is 22.1 Å². The lowest BCUT2D eigenvalue weighted by molar-refractivity contribution is -0.143. The molecule has 1 amide bonds. The Kier molecular flexibility index (Phi) is 8.57. The van der Waals surface area contributed by atoms with E-state index in [1.54, 1.807) is 0 Å². The smallest absolute Gasteiger partial charge is 0.233 e. The zero-order valence-corrected chi connectivity index (χ0v) is 24.3. The zero-order valence-electron chi connectivity index (χ0n) is 24.3. The molecule has 4 aliphatic carbocycles. The summed E-state index contributed by atoms with van der Waals surface area (Å²) in [4.78, 5) is 12.6. The maximum Gasteiger partial charge on any atom is 0.233 e. The van der Waals surface area contributed by atoms with Crippen molar-refractivity contribution >= 4 is 5.91 Å². The van der Waals surface area contributed by atoms with Crippen molar-refractivity contribution in [3.8, 4) is 0 Å². The van der Waals surface area contributed by atoms with Crippen LogP contribution in [0.2, 0.25) is 0 Å². The summed E-state index contributed by atoms with van der Waals surface area (Å²) < 4.78 is 0. The van der Waals surface area contributed by atoms with Gasteiger partial charge >= 0.3 is 0 Å². The van der Waals surface area contributed by atoms with Crippen molar-refractivity contribution in [2.24, 2.45) is 57.8 Å². The van der Waals surface area contributed by atoms with Crippen molar-refractivity contribution in [2.75, 3.05) is 13.1 Å². The molecule has 38 heavy (non-hydrogen) atoms. The van der Waals surface area contributed by atoms with E-state index in [1.807, 2.05) is 0 Å². The summed E-state index contributed by atoms with van der Waals surface area (Å²) in [5.74, 6) is 3.83. The number of nitrogens with one attached hydrogen (secondary N) is 2. The van der Waals surface area contributed by atoms with Gasteiger partial charge in [0, 0.05) is 18.6 Å². The highest BCUT2D eigenvalue weighted by Gasteiger charge is 2.65. The average molecular weight is 523 g/mol. The zero-order chi connectivity index (χ0) is 26.9. The molecular weight excluding hydrogens is 468 g/mol. The van der Waals surface area contributed by atoms with Crippen LogP contribution in [0.4, 0.5) is 0 Å². The SMILES string of the molecule is CC(CCCNCc1ccccc1)C1CCC2C3[C@H](NC(=O)CN)CC4CCCC[C@]4(C)[C@H]3C[C@H](N)[C@]12C. The van der Waals surface area contributed by atoms with Crippen LogP contribution in [0.3, 0.4) is 0 Å². The van der Waals surface area contributed by atoms with Gasteiger partial charge in [-0.1, -0.05) is 63.9 Å². The second-order valence-electron chi connectivity index (χ2n) is 14.0. The van der Waals surface area contributed by atoms with Gasteiger partial charge in [0.15, 0.2) is 0 Å². The first-order valence-corrected chi connectivity index (χ1v) is 15.8. The fraction of sp³-hybridized carbons (Fsp3) is 0.788. The van der Waals surface area contributed by atoms with Crippen molar-refractivity contribution < 1.29 is 4.79 Å². The first-order chi connectivity index (χ1) is 18.3. The molecule has 6 N–H and O–H groups in total.